The highest BCUT2D eigenvalue weighted by Gasteiger charge is 2.21. The molecule has 2 aromatic carbocycles. The molecular formula is C21H19F2N3O3. The Balaban J connectivity index is 2.07. The molecule has 8 heteroatoms. The molecule has 0 bridgehead atoms. The average Bonchev–Trinajstić information content (AvgIpc) is 3.22. The van der Waals surface area contributed by atoms with Crippen LogP contribution in [0.15, 0.2) is 36.5 Å². The molecule has 0 aliphatic carbocycles. The third-order valence-corrected chi connectivity index (χ3v) is 4.79. The first kappa shape index (κ1) is 19.1. The summed E-state index contributed by atoms with van der Waals surface area (Å²) in [6.07, 6.45) is 1.55. The Morgan fingerprint density at radius 2 is 1.86 bits per heavy atom. The number of nitrogens with zero attached hydrogens (tertiary/aromatic N) is 2. The highest BCUT2D eigenvalue weighted by atomic mass is 19.1. The number of benzene rings is 2. The lowest BCUT2D eigenvalue weighted by Crippen LogP contribution is -2.07. The van der Waals surface area contributed by atoms with E-state index < -0.39 is 13.3 Å². The van der Waals surface area contributed by atoms with Gasteiger partial charge in [-0.15, -0.1) is 0 Å². The number of rotatable bonds is 7. The Morgan fingerprint density at radius 3 is 2.55 bits per heavy atom. The van der Waals surface area contributed by atoms with Crippen molar-refractivity contribution in [1.82, 2.24) is 15.2 Å². The van der Waals surface area contributed by atoms with E-state index in [0.29, 0.717) is 50.8 Å². The van der Waals surface area contributed by atoms with Crippen LogP contribution in [-0.2, 0) is 18.1 Å². The van der Waals surface area contributed by atoms with E-state index in [1.807, 2.05) is 0 Å². The molecule has 0 spiro atoms. The van der Waals surface area contributed by atoms with Gasteiger partial charge in [0.25, 0.3) is 0 Å². The number of pyridine rings is 1. The second kappa shape index (κ2) is 8.00. The molecule has 0 aliphatic heterocycles. The Hall–Kier alpha value is -3.26. The van der Waals surface area contributed by atoms with E-state index in [-0.39, 0.29) is 18.1 Å². The van der Waals surface area contributed by atoms with Crippen LogP contribution in [0, 0.1) is 0 Å². The van der Waals surface area contributed by atoms with Gasteiger partial charge in [0.2, 0.25) is 0 Å². The smallest absolute Gasteiger partial charge is 0.156 e. The molecule has 0 unspecified atom stereocenters. The van der Waals surface area contributed by atoms with Gasteiger partial charge in [0.15, 0.2) is 5.65 Å². The standard InChI is InChI=1S/C21H19F2N3O3/c1-28-6-7-29-17-8-13(9-22)18-19(15(17)10-23)16-11-24-26-21(16)25-20(18)12-2-4-14(27)5-3-12/h2-5,8,11,27H,6-7,9-10H2,1H3,(H,24,25,26). The van der Waals surface area contributed by atoms with Crippen molar-refractivity contribution in [3.05, 3.63) is 47.7 Å². The molecule has 0 aliphatic rings. The second-order valence-corrected chi connectivity index (χ2v) is 6.51. The maximum absolute atomic E-state index is 14.2. The van der Waals surface area contributed by atoms with Gasteiger partial charge in [-0.05, 0) is 35.9 Å². The van der Waals surface area contributed by atoms with Gasteiger partial charge in [-0.1, -0.05) is 0 Å². The van der Waals surface area contributed by atoms with Crippen LogP contribution in [0.5, 0.6) is 11.5 Å². The monoisotopic (exact) mass is 399 g/mol. The number of H-pyrrole nitrogens is 1. The number of aromatic hydroxyl groups is 1. The molecule has 0 radical (unpaired) electrons. The van der Waals surface area contributed by atoms with Crippen LogP contribution in [0.3, 0.4) is 0 Å². The summed E-state index contributed by atoms with van der Waals surface area (Å²) in [5.41, 5.74) is 2.24. The van der Waals surface area contributed by atoms with Gasteiger partial charge >= 0.3 is 0 Å². The zero-order chi connectivity index (χ0) is 20.4. The van der Waals surface area contributed by atoms with Crippen molar-refractivity contribution in [3.63, 3.8) is 0 Å². The number of fused-ring (bicyclic) bond motifs is 3. The molecule has 150 valence electrons. The van der Waals surface area contributed by atoms with Gasteiger partial charge in [0, 0.05) is 34.4 Å². The van der Waals surface area contributed by atoms with Crippen LogP contribution in [0.25, 0.3) is 33.1 Å². The van der Waals surface area contributed by atoms with E-state index in [0.717, 1.165) is 0 Å². The number of phenols is 1. The molecule has 2 aromatic heterocycles. The van der Waals surface area contributed by atoms with Gasteiger partial charge in [-0.2, -0.15) is 5.10 Å². The van der Waals surface area contributed by atoms with Gasteiger partial charge in [-0.25, -0.2) is 13.8 Å². The molecular weight excluding hydrogens is 380 g/mol. The number of hydrogen-bond donors (Lipinski definition) is 2. The number of aromatic nitrogens is 3. The minimum atomic E-state index is -0.801. The first-order valence-electron chi connectivity index (χ1n) is 9.02. The predicted molar refractivity (Wildman–Crippen MR) is 105 cm³/mol. The molecule has 29 heavy (non-hydrogen) atoms. The summed E-state index contributed by atoms with van der Waals surface area (Å²) in [7, 11) is 1.54. The molecule has 0 atom stereocenters. The fraction of sp³-hybridized carbons (Fsp3) is 0.238. The quantitative estimate of drug-likeness (QED) is 0.449. The SMILES string of the molecule is COCCOc1cc(CF)c2c(-c3ccc(O)cc3)nc3[nH]ncc3c2c1CF. The van der Waals surface area contributed by atoms with Crippen molar-refractivity contribution >= 4 is 21.8 Å². The lowest BCUT2D eigenvalue weighted by Gasteiger charge is -2.17. The Kier molecular flexibility index (Phi) is 5.26. The predicted octanol–water partition coefficient (Wildman–Crippen LogP) is 4.45. The van der Waals surface area contributed by atoms with Crippen LogP contribution in [0.2, 0.25) is 0 Å². The van der Waals surface area contributed by atoms with Crippen LogP contribution >= 0.6 is 0 Å². The molecule has 0 saturated carbocycles. The first-order chi connectivity index (χ1) is 14.2. The third-order valence-electron chi connectivity index (χ3n) is 4.79. The number of phenolic OH excluding ortho intramolecular Hbond substituents is 1. The number of nitrogens with one attached hydrogen (secondary N) is 1. The minimum Gasteiger partial charge on any atom is -0.508 e. The Labute approximate surface area is 165 Å². The fourth-order valence-corrected chi connectivity index (χ4v) is 3.47. The molecule has 0 amide bonds. The molecule has 4 aromatic rings. The number of alkyl halides is 2. The lowest BCUT2D eigenvalue weighted by molar-refractivity contribution is 0.145. The average molecular weight is 399 g/mol. The van der Waals surface area contributed by atoms with Gasteiger partial charge in [0.05, 0.1) is 18.5 Å². The summed E-state index contributed by atoms with van der Waals surface area (Å²) in [4.78, 5) is 4.60. The number of hydrogen-bond acceptors (Lipinski definition) is 5. The van der Waals surface area contributed by atoms with E-state index in [2.05, 4.69) is 15.2 Å². The van der Waals surface area contributed by atoms with Gasteiger partial charge in [-0.3, -0.25) is 5.10 Å². The summed E-state index contributed by atoms with van der Waals surface area (Å²) in [6.45, 7) is -1.04. The van der Waals surface area contributed by atoms with Gasteiger partial charge < -0.3 is 14.6 Å². The van der Waals surface area contributed by atoms with Crippen molar-refractivity contribution in [2.75, 3.05) is 20.3 Å². The summed E-state index contributed by atoms with van der Waals surface area (Å²) in [5.74, 6) is 0.375. The van der Waals surface area contributed by atoms with Crippen LogP contribution in [0.4, 0.5) is 8.78 Å². The number of halogens is 2. The molecule has 0 fully saturated rings. The Bertz CT molecular complexity index is 1160. The van der Waals surface area contributed by atoms with Crippen LogP contribution in [0.1, 0.15) is 11.1 Å². The van der Waals surface area contributed by atoms with Crippen LogP contribution in [-0.4, -0.2) is 40.6 Å². The molecule has 2 heterocycles. The van der Waals surface area contributed by atoms with Crippen molar-refractivity contribution in [3.8, 4) is 22.8 Å². The fourth-order valence-electron chi connectivity index (χ4n) is 3.47. The summed E-state index contributed by atoms with van der Waals surface area (Å²) >= 11 is 0. The van der Waals surface area contributed by atoms with E-state index in [1.165, 1.54) is 25.3 Å². The highest BCUT2D eigenvalue weighted by Crippen LogP contribution is 2.41. The second-order valence-electron chi connectivity index (χ2n) is 6.51. The van der Waals surface area contributed by atoms with E-state index in [4.69, 9.17) is 9.47 Å². The zero-order valence-corrected chi connectivity index (χ0v) is 15.7. The minimum absolute atomic E-state index is 0.102. The summed E-state index contributed by atoms with van der Waals surface area (Å²) in [6, 6.07) is 7.92. The summed E-state index contributed by atoms with van der Waals surface area (Å²) < 4.78 is 39.0. The van der Waals surface area contributed by atoms with E-state index in [9.17, 15) is 13.9 Å². The number of ether oxygens (including phenoxy) is 2. The van der Waals surface area contributed by atoms with Crippen molar-refractivity contribution in [2.45, 2.75) is 13.3 Å². The van der Waals surface area contributed by atoms with Crippen molar-refractivity contribution in [2.24, 2.45) is 0 Å². The van der Waals surface area contributed by atoms with Crippen molar-refractivity contribution in [1.29, 1.82) is 0 Å². The maximum atomic E-state index is 14.2. The largest absolute Gasteiger partial charge is 0.508 e. The lowest BCUT2D eigenvalue weighted by atomic mass is 9.94. The molecule has 4 rings (SSSR count). The van der Waals surface area contributed by atoms with Crippen molar-refractivity contribution < 1.29 is 23.4 Å². The number of methoxy groups -OCH3 is 1. The zero-order valence-electron chi connectivity index (χ0n) is 15.7. The number of aromatic amines is 1. The first-order valence-corrected chi connectivity index (χ1v) is 9.02. The normalized spacial score (nSPS) is 11.4. The maximum Gasteiger partial charge on any atom is 0.156 e. The molecule has 6 nitrogen and oxygen atoms in total. The Morgan fingerprint density at radius 1 is 1.07 bits per heavy atom. The molecule has 2 N–H and O–H groups in total. The highest BCUT2D eigenvalue weighted by molar-refractivity contribution is 6.13. The summed E-state index contributed by atoms with van der Waals surface area (Å²) in [5, 5.41) is 18.0. The topological polar surface area (TPSA) is 80.3 Å². The van der Waals surface area contributed by atoms with E-state index in [1.54, 1.807) is 18.3 Å². The third kappa shape index (κ3) is 3.36. The van der Waals surface area contributed by atoms with E-state index >= 15 is 0 Å². The van der Waals surface area contributed by atoms with Crippen LogP contribution < -0.4 is 4.74 Å². The molecule has 0 saturated heterocycles. The van der Waals surface area contributed by atoms with Gasteiger partial charge in [0.1, 0.15) is 31.5 Å².